The number of likely N-dealkylation sites (tertiary alicyclic amines) is 1. The van der Waals surface area contributed by atoms with Crippen molar-refractivity contribution in [1.29, 1.82) is 0 Å². The van der Waals surface area contributed by atoms with E-state index in [9.17, 15) is 31.1 Å². The summed E-state index contributed by atoms with van der Waals surface area (Å²) in [5.74, 6) is 0.102. The van der Waals surface area contributed by atoms with Gasteiger partial charge in [0.2, 0.25) is 5.95 Å². The molecule has 0 aliphatic carbocycles. The van der Waals surface area contributed by atoms with Gasteiger partial charge in [0.05, 0.1) is 23.4 Å². The zero-order valence-corrected chi connectivity index (χ0v) is 23.6. The molecular weight excluding hydrogens is 566 g/mol. The Kier molecular flexibility index (Phi) is 9.02. The molecule has 0 saturated carbocycles. The molecule has 1 fully saturated rings. The Balaban J connectivity index is 1.73. The molecule has 0 unspecified atom stereocenters. The van der Waals surface area contributed by atoms with Crippen molar-refractivity contribution < 1.29 is 35.9 Å². The molecule has 42 heavy (non-hydrogen) atoms. The number of aromatic nitrogens is 4. The van der Waals surface area contributed by atoms with Gasteiger partial charge >= 0.3 is 18.4 Å². The Morgan fingerprint density at radius 3 is 2.14 bits per heavy atom. The minimum Gasteiger partial charge on any atom is -0.446 e. The molecule has 3 aromatic rings. The number of aryl methyl sites for hydroxylation is 1. The minimum absolute atomic E-state index is 0.0996. The van der Waals surface area contributed by atoms with Gasteiger partial charge in [-0.15, -0.1) is 0 Å². The lowest BCUT2D eigenvalue weighted by Crippen LogP contribution is -2.41. The largest absolute Gasteiger partial charge is 0.446 e. The minimum atomic E-state index is -4.99. The predicted octanol–water partition coefficient (Wildman–Crippen LogP) is 6.71. The maximum absolute atomic E-state index is 13.6. The van der Waals surface area contributed by atoms with Crippen LogP contribution in [0, 0.1) is 0 Å². The van der Waals surface area contributed by atoms with E-state index in [1.165, 1.54) is 12.4 Å². The SMILES string of the molecule is CC[C@@H]1C[C@H](N(Cc2cc(C(F)(F)F)cc(C(F)(F)F)c2)c2ncc(-c3cnn(C)c3)cn2)CN1C(=O)O[C@@H](C)CC. The average molecular weight is 599 g/mol. The summed E-state index contributed by atoms with van der Waals surface area (Å²) in [4.78, 5) is 24.9. The van der Waals surface area contributed by atoms with Crippen molar-refractivity contribution in [3.8, 4) is 11.1 Å². The molecule has 1 aromatic carbocycles. The van der Waals surface area contributed by atoms with Crippen molar-refractivity contribution in [2.75, 3.05) is 11.4 Å². The Bertz CT molecular complexity index is 1340. The molecule has 0 N–H and O–H groups in total. The van der Waals surface area contributed by atoms with Crippen LogP contribution in [0.1, 0.15) is 56.7 Å². The number of halogens is 6. The van der Waals surface area contributed by atoms with Crippen LogP contribution >= 0.6 is 0 Å². The molecule has 228 valence electrons. The Hall–Kier alpha value is -3.84. The van der Waals surface area contributed by atoms with Crippen molar-refractivity contribution in [2.24, 2.45) is 7.05 Å². The van der Waals surface area contributed by atoms with Crippen LogP contribution in [0.5, 0.6) is 0 Å². The van der Waals surface area contributed by atoms with Gasteiger partial charge in [-0.05, 0) is 49.9 Å². The van der Waals surface area contributed by atoms with E-state index in [0.29, 0.717) is 37.0 Å². The van der Waals surface area contributed by atoms with Crippen molar-refractivity contribution in [2.45, 2.75) is 77.1 Å². The molecule has 1 amide bonds. The molecular formula is C28H32F6N6O2. The van der Waals surface area contributed by atoms with Crippen LogP contribution in [-0.4, -0.2) is 55.5 Å². The second-order valence-corrected chi connectivity index (χ2v) is 10.4. The summed E-state index contributed by atoms with van der Waals surface area (Å²) in [5.41, 5.74) is -1.67. The quantitative estimate of drug-likeness (QED) is 0.269. The molecule has 0 spiro atoms. The molecule has 8 nitrogen and oxygen atoms in total. The van der Waals surface area contributed by atoms with Gasteiger partial charge in [0, 0.05) is 55.9 Å². The first-order chi connectivity index (χ1) is 19.7. The first kappa shape index (κ1) is 31.1. The number of carbonyl (C=O) groups is 1. The number of carbonyl (C=O) groups excluding carboxylic acids is 1. The van der Waals surface area contributed by atoms with E-state index in [4.69, 9.17) is 4.74 Å². The number of amides is 1. The molecule has 1 aliphatic rings. The fourth-order valence-corrected chi connectivity index (χ4v) is 4.91. The smallest absolute Gasteiger partial charge is 0.416 e. The molecule has 0 radical (unpaired) electrons. The lowest BCUT2D eigenvalue weighted by molar-refractivity contribution is -0.143. The molecule has 1 aliphatic heterocycles. The van der Waals surface area contributed by atoms with E-state index in [0.717, 1.165) is 5.56 Å². The highest BCUT2D eigenvalue weighted by Crippen LogP contribution is 2.37. The number of rotatable bonds is 8. The summed E-state index contributed by atoms with van der Waals surface area (Å²) in [5, 5.41) is 4.11. The fourth-order valence-electron chi connectivity index (χ4n) is 4.91. The first-order valence-corrected chi connectivity index (χ1v) is 13.5. The van der Waals surface area contributed by atoms with E-state index in [1.807, 2.05) is 13.8 Å². The van der Waals surface area contributed by atoms with Crippen molar-refractivity contribution in [1.82, 2.24) is 24.6 Å². The molecule has 3 heterocycles. The third-order valence-electron chi connectivity index (χ3n) is 7.35. The monoisotopic (exact) mass is 598 g/mol. The number of hydrogen-bond donors (Lipinski definition) is 0. The van der Waals surface area contributed by atoms with Crippen LogP contribution in [-0.2, 0) is 30.7 Å². The van der Waals surface area contributed by atoms with Crippen LogP contribution in [0.4, 0.5) is 37.1 Å². The van der Waals surface area contributed by atoms with E-state index < -0.39 is 35.6 Å². The van der Waals surface area contributed by atoms with E-state index in [-0.39, 0.29) is 42.8 Å². The van der Waals surface area contributed by atoms with E-state index in [1.54, 1.807) is 40.8 Å². The molecule has 14 heteroatoms. The van der Waals surface area contributed by atoms with Crippen LogP contribution in [0.15, 0.2) is 43.0 Å². The maximum Gasteiger partial charge on any atom is 0.416 e. The average Bonchev–Trinajstić information content (AvgIpc) is 3.57. The first-order valence-electron chi connectivity index (χ1n) is 13.5. The summed E-state index contributed by atoms with van der Waals surface area (Å²) < 4.78 is 88.7. The zero-order chi connectivity index (χ0) is 30.8. The van der Waals surface area contributed by atoms with Gasteiger partial charge in [-0.25, -0.2) is 14.8 Å². The van der Waals surface area contributed by atoms with Gasteiger partial charge in [-0.1, -0.05) is 13.8 Å². The molecule has 0 bridgehead atoms. The molecule has 2 aromatic heterocycles. The fraction of sp³-hybridized carbons (Fsp3) is 0.500. The van der Waals surface area contributed by atoms with Crippen LogP contribution < -0.4 is 4.90 Å². The summed E-state index contributed by atoms with van der Waals surface area (Å²) in [6, 6.07) is 0.743. The number of hydrogen-bond acceptors (Lipinski definition) is 6. The van der Waals surface area contributed by atoms with Gasteiger partial charge in [0.15, 0.2) is 0 Å². The molecule has 4 rings (SSSR count). The third-order valence-corrected chi connectivity index (χ3v) is 7.35. The number of alkyl halides is 6. The van der Waals surface area contributed by atoms with Crippen LogP contribution in [0.2, 0.25) is 0 Å². The number of anilines is 1. The third kappa shape index (κ3) is 7.13. The van der Waals surface area contributed by atoms with Crippen molar-refractivity contribution >= 4 is 12.0 Å². The standard InChI is InChI=1S/C28H32F6N6O2/c1-5-17(3)42-26(41)40-16-24(10-23(40)6-2)39(25-35-11-19(12-36-25)20-13-37-38(4)15-20)14-18-7-21(27(29,30)31)9-22(8-18)28(32,33)34/h7-9,11-13,15,17,23-24H,5-6,10,14,16H2,1-4H3/t17-,23+,24-/m0/s1. The highest BCUT2D eigenvalue weighted by atomic mass is 19.4. The lowest BCUT2D eigenvalue weighted by atomic mass is 10.0. The second kappa shape index (κ2) is 12.2. The van der Waals surface area contributed by atoms with Gasteiger partial charge in [-0.3, -0.25) is 4.68 Å². The summed E-state index contributed by atoms with van der Waals surface area (Å²) in [6.07, 6.45) is -2.85. The number of ether oxygens (including phenoxy) is 1. The summed E-state index contributed by atoms with van der Waals surface area (Å²) in [7, 11) is 1.74. The zero-order valence-electron chi connectivity index (χ0n) is 23.6. The highest BCUT2D eigenvalue weighted by molar-refractivity contribution is 5.69. The second-order valence-electron chi connectivity index (χ2n) is 10.4. The molecule has 1 saturated heterocycles. The van der Waals surface area contributed by atoms with Crippen molar-refractivity contribution in [3.63, 3.8) is 0 Å². The topological polar surface area (TPSA) is 76.4 Å². The Labute approximate surface area is 239 Å². The predicted molar refractivity (Wildman–Crippen MR) is 142 cm³/mol. The van der Waals surface area contributed by atoms with Gasteiger partial charge < -0.3 is 14.5 Å². The lowest BCUT2D eigenvalue weighted by Gasteiger charge is -2.30. The maximum atomic E-state index is 13.6. The number of benzene rings is 1. The van der Waals surface area contributed by atoms with Gasteiger partial charge in [0.25, 0.3) is 0 Å². The Morgan fingerprint density at radius 1 is 1.02 bits per heavy atom. The van der Waals surface area contributed by atoms with E-state index in [2.05, 4.69) is 15.1 Å². The normalized spacial score (nSPS) is 18.3. The van der Waals surface area contributed by atoms with Gasteiger partial charge in [-0.2, -0.15) is 31.4 Å². The number of nitrogens with zero attached hydrogens (tertiary/aromatic N) is 6. The van der Waals surface area contributed by atoms with Crippen LogP contribution in [0.3, 0.4) is 0 Å². The molecule has 3 atom stereocenters. The van der Waals surface area contributed by atoms with E-state index >= 15 is 0 Å². The summed E-state index contributed by atoms with van der Waals surface area (Å²) >= 11 is 0. The van der Waals surface area contributed by atoms with Crippen LogP contribution in [0.25, 0.3) is 11.1 Å². The Morgan fingerprint density at radius 2 is 1.64 bits per heavy atom. The highest BCUT2D eigenvalue weighted by Gasteiger charge is 2.41. The van der Waals surface area contributed by atoms with Crippen molar-refractivity contribution in [3.05, 3.63) is 59.7 Å². The van der Waals surface area contributed by atoms with Gasteiger partial charge in [0.1, 0.15) is 6.10 Å². The summed E-state index contributed by atoms with van der Waals surface area (Å²) in [6.45, 7) is 5.31.